The predicted molar refractivity (Wildman–Crippen MR) is 78.4 cm³/mol. The van der Waals surface area contributed by atoms with Gasteiger partial charge in [0.2, 0.25) is 5.91 Å². The minimum atomic E-state index is -1.16. The molecule has 0 aliphatic rings. The van der Waals surface area contributed by atoms with Crippen LogP contribution in [-0.2, 0) is 17.9 Å². The lowest BCUT2D eigenvalue weighted by molar-refractivity contribution is -0.995. The Balaban J connectivity index is 1.80. The Morgan fingerprint density at radius 3 is 2.71 bits per heavy atom. The number of aromatic nitrogens is 4. The number of rotatable bonds is 8. The largest absolute Gasteiger partial charge is 0.594 e. The van der Waals surface area contributed by atoms with Crippen molar-refractivity contribution in [3.8, 4) is 0 Å². The van der Waals surface area contributed by atoms with Gasteiger partial charge >= 0.3 is 5.95 Å². The highest BCUT2D eigenvalue weighted by Crippen LogP contribution is 2.05. The summed E-state index contributed by atoms with van der Waals surface area (Å²) < 4.78 is 2.88. The molecule has 2 unspecified atom stereocenters. The van der Waals surface area contributed by atoms with E-state index in [-0.39, 0.29) is 43.7 Å². The molecule has 0 spiro atoms. The zero-order valence-electron chi connectivity index (χ0n) is 13.0. The highest BCUT2D eigenvalue weighted by molar-refractivity contribution is 5.75. The van der Waals surface area contributed by atoms with Crippen LogP contribution in [0.4, 0.5) is 11.8 Å². The van der Waals surface area contributed by atoms with E-state index in [0.29, 0.717) is 5.82 Å². The predicted octanol–water partition coefficient (Wildman–Crippen LogP) is -2.60. The van der Waals surface area contributed by atoms with Crippen molar-refractivity contribution in [1.29, 1.82) is 0 Å². The van der Waals surface area contributed by atoms with Crippen LogP contribution in [0, 0.1) is 17.3 Å². The third-order valence-corrected chi connectivity index (χ3v) is 3.42. The number of nitrogens with zero attached hydrogens (tertiary/aromatic N) is 4. The van der Waals surface area contributed by atoms with Gasteiger partial charge in [0.1, 0.15) is 12.0 Å². The van der Waals surface area contributed by atoms with Crippen LogP contribution in [0.2, 0.25) is 0 Å². The monoisotopic (exact) mass is 341 g/mol. The molecule has 2 aromatic heterocycles. The standard InChI is InChI=1S/C12H19N7O5/c1-9-15-8-11(18(21)22)17(9)7-4-13-10(20)2-5-16-6-3-14-12(16)19(23)24/h3,6,8,18-19,21,23H,2,4-5,7H2,1H3,(H,13,20). The van der Waals surface area contributed by atoms with Crippen LogP contribution < -0.4 is 15.8 Å². The molecule has 2 rings (SSSR count). The molecule has 0 saturated carbocycles. The SMILES string of the molecule is Cc1ncc([NH+]([O-])O)n1CCNC(=O)CCn1ccnc1[NH+]([O-])O. The molecule has 1 amide bonds. The molecule has 0 radical (unpaired) electrons. The summed E-state index contributed by atoms with van der Waals surface area (Å²) in [6, 6.07) is 0. The van der Waals surface area contributed by atoms with Crippen LogP contribution >= 0.6 is 0 Å². The van der Waals surface area contributed by atoms with Gasteiger partial charge in [0.15, 0.2) is 0 Å². The number of nitrogens with one attached hydrogen (secondary N) is 3. The van der Waals surface area contributed by atoms with E-state index < -0.39 is 10.5 Å². The smallest absolute Gasteiger partial charge is 0.340 e. The van der Waals surface area contributed by atoms with Crippen molar-refractivity contribution in [3.05, 3.63) is 34.8 Å². The van der Waals surface area contributed by atoms with Gasteiger partial charge in [-0.05, 0) is 6.92 Å². The van der Waals surface area contributed by atoms with Crippen molar-refractivity contribution in [2.75, 3.05) is 6.54 Å². The van der Waals surface area contributed by atoms with Crippen molar-refractivity contribution in [1.82, 2.24) is 24.4 Å². The number of amides is 1. The molecule has 2 atom stereocenters. The zero-order chi connectivity index (χ0) is 17.7. The van der Waals surface area contributed by atoms with E-state index >= 15 is 0 Å². The van der Waals surface area contributed by atoms with Gasteiger partial charge in [-0.15, -0.1) is 0 Å². The second kappa shape index (κ2) is 7.96. The third-order valence-electron chi connectivity index (χ3n) is 3.42. The first-order valence-electron chi connectivity index (χ1n) is 7.16. The lowest BCUT2D eigenvalue weighted by Gasteiger charge is -2.15. The van der Waals surface area contributed by atoms with Gasteiger partial charge in [-0.1, -0.05) is 0 Å². The zero-order valence-corrected chi connectivity index (χ0v) is 13.0. The summed E-state index contributed by atoms with van der Waals surface area (Å²) in [6.45, 7) is 2.40. The first kappa shape index (κ1) is 18.0. The Kier molecular flexibility index (Phi) is 5.97. The first-order chi connectivity index (χ1) is 11.4. The number of hydrogen-bond donors (Lipinski definition) is 5. The number of imidazole rings is 2. The molecule has 12 nitrogen and oxygen atoms in total. The first-order valence-corrected chi connectivity index (χ1v) is 7.16. The second-order valence-corrected chi connectivity index (χ2v) is 5.00. The van der Waals surface area contributed by atoms with E-state index in [1.54, 1.807) is 6.92 Å². The molecule has 0 bridgehead atoms. The molecule has 24 heavy (non-hydrogen) atoms. The average molecular weight is 341 g/mol. The van der Waals surface area contributed by atoms with Crippen LogP contribution in [0.15, 0.2) is 18.6 Å². The van der Waals surface area contributed by atoms with Crippen molar-refractivity contribution in [2.45, 2.75) is 26.4 Å². The number of aryl methyl sites for hydroxylation is 2. The Hall–Kier alpha value is -2.35. The Morgan fingerprint density at radius 1 is 1.29 bits per heavy atom. The summed E-state index contributed by atoms with van der Waals surface area (Å²) in [5, 5.41) is 40.4. The molecular weight excluding hydrogens is 322 g/mol. The molecular formula is C12H19N7O5. The maximum atomic E-state index is 11.8. The Bertz CT molecular complexity index is 681. The van der Waals surface area contributed by atoms with Gasteiger partial charge in [-0.25, -0.2) is 15.4 Å². The summed E-state index contributed by atoms with van der Waals surface area (Å²) >= 11 is 0. The Labute approximate surface area is 136 Å². The maximum absolute atomic E-state index is 11.8. The van der Waals surface area contributed by atoms with Gasteiger partial charge in [-0.2, -0.15) is 15.4 Å². The van der Waals surface area contributed by atoms with Crippen LogP contribution in [-0.4, -0.2) is 42.0 Å². The number of carbonyl (C=O) groups is 1. The van der Waals surface area contributed by atoms with Crippen molar-refractivity contribution < 1.29 is 25.7 Å². The van der Waals surface area contributed by atoms with E-state index in [1.807, 2.05) is 0 Å². The average Bonchev–Trinajstić information content (AvgIpc) is 3.12. The maximum Gasteiger partial charge on any atom is 0.340 e. The minimum absolute atomic E-state index is 0.0614. The molecule has 12 heteroatoms. The molecule has 2 aromatic rings. The fourth-order valence-corrected chi connectivity index (χ4v) is 2.23. The molecule has 0 aliphatic heterocycles. The molecule has 0 fully saturated rings. The van der Waals surface area contributed by atoms with Crippen molar-refractivity contribution in [3.63, 3.8) is 0 Å². The van der Waals surface area contributed by atoms with Gasteiger partial charge in [0.05, 0.1) is 6.20 Å². The van der Waals surface area contributed by atoms with E-state index in [2.05, 4.69) is 15.3 Å². The summed E-state index contributed by atoms with van der Waals surface area (Å²) in [5.74, 6) is 0.218. The lowest BCUT2D eigenvalue weighted by Crippen LogP contribution is -3.00. The van der Waals surface area contributed by atoms with Crippen LogP contribution in [0.1, 0.15) is 12.2 Å². The number of quaternary nitrogens is 2. The molecule has 2 heterocycles. The Morgan fingerprint density at radius 2 is 2.04 bits per heavy atom. The molecule has 132 valence electrons. The lowest BCUT2D eigenvalue weighted by atomic mass is 10.4. The van der Waals surface area contributed by atoms with Crippen molar-refractivity contribution in [2.24, 2.45) is 0 Å². The van der Waals surface area contributed by atoms with Crippen LogP contribution in [0.5, 0.6) is 0 Å². The van der Waals surface area contributed by atoms with E-state index in [0.717, 1.165) is 0 Å². The fraction of sp³-hybridized carbons (Fsp3) is 0.417. The van der Waals surface area contributed by atoms with E-state index in [4.69, 9.17) is 10.4 Å². The molecule has 0 saturated heterocycles. The molecule has 5 N–H and O–H groups in total. The third kappa shape index (κ3) is 4.35. The van der Waals surface area contributed by atoms with E-state index in [1.165, 1.54) is 27.7 Å². The topological polar surface area (TPSA) is 160 Å². The quantitative estimate of drug-likeness (QED) is 0.329. The fourth-order valence-electron chi connectivity index (χ4n) is 2.23. The minimum Gasteiger partial charge on any atom is -0.594 e. The summed E-state index contributed by atoms with van der Waals surface area (Å²) in [5.41, 5.74) is 0. The molecule has 0 aliphatic carbocycles. The molecule has 0 aromatic carbocycles. The summed E-state index contributed by atoms with van der Waals surface area (Å²) in [7, 11) is 0. The number of carbonyl (C=O) groups excluding carboxylic acids is 1. The highest BCUT2D eigenvalue weighted by atomic mass is 16.8. The van der Waals surface area contributed by atoms with Gasteiger partial charge < -0.3 is 15.7 Å². The number of hydrogen-bond acceptors (Lipinski definition) is 7. The van der Waals surface area contributed by atoms with Crippen LogP contribution in [0.3, 0.4) is 0 Å². The van der Waals surface area contributed by atoms with E-state index in [9.17, 15) is 15.2 Å². The normalized spacial score (nSPS) is 13.7. The second-order valence-electron chi connectivity index (χ2n) is 5.00. The summed E-state index contributed by atoms with van der Waals surface area (Å²) in [4.78, 5) is 19.4. The van der Waals surface area contributed by atoms with Gasteiger partial charge in [0, 0.05) is 32.3 Å². The van der Waals surface area contributed by atoms with Crippen LogP contribution in [0.25, 0.3) is 0 Å². The van der Waals surface area contributed by atoms with Crippen molar-refractivity contribution >= 4 is 17.7 Å². The highest BCUT2D eigenvalue weighted by Gasteiger charge is 2.13. The van der Waals surface area contributed by atoms with Gasteiger partial charge in [-0.3, -0.25) is 13.9 Å². The summed E-state index contributed by atoms with van der Waals surface area (Å²) in [6.07, 6.45) is 4.21. The van der Waals surface area contributed by atoms with Gasteiger partial charge in [0.25, 0.3) is 5.82 Å².